The Morgan fingerprint density at radius 1 is 1.03 bits per heavy atom. The summed E-state index contributed by atoms with van der Waals surface area (Å²) in [7, 11) is 6.68. The number of rotatable bonds is 8. The van der Waals surface area contributed by atoms with Gasteiger partial charge in [-0.15, -0.1) is 0 Å². The monoisotopic (exact) mass is 462 g/mol. The number of methoxy groups -OCH3 is 3. The zero-order valence-corrected chi connectivity index (χ0v) is 20.0. The van der Waals surface area contributed by atoms with Crippen LogP contribution >= 0.6 is 0 Å². The van der Waals surface area contributed by atoms with Crippen LogP contribution < -0.4 is 24.8 Å². The van der Waals surface area contributed by atoms with E-state index in [1.165, 1.54) is 21.3 Å². The van der Waals surface area contributed by atoms with Gasteiger partial charge in [0, 0.05) is 37.0 Å². The summed E-state index contributed by atoms with van der Waals surface area (Å²) in [6.45, 7) is 6.04. The van der Waals surface area contributed by atoms with Crippen molar-refractivity contribution in [3.8, 4) is 17.2 Å². The molecule has 2 amide bonds. The minimum atomic E-state index is -0.780. The Morgan fingerprint density at radius 2 is 1.73 bits per heavy atom. The molecule has 10 heteroatoms. The van der Waals surface area contributed by atoms with Crippen molar-refractivity contribution in [2.45, 2.75) is 19.4 Å². The lowest BCUT2D eigenvalue weighted by Gasteiger charge is -2.32. The fourth-order valence-electron chi connectivity index (χ4n) is 4.19. The average molecular weight is 463 g/mol. The van der Waals surface area contributed by atoms with Gasteiger partial charge in [-0.3, -0.25) is 4.90 Å². The number of nitrogens with zero attached hydrogens (tertiary/aromatic N) is 2. The zero-order chi connectivity index (χ0) is 24.0. The second kappa shape index (κ2) is 11.2. The van der Waals surface area contributed by atoms with Crippen molar-refractivity contribution in [3.05, 3.63) is 29.0 Å². The van der Waals surface area contributed by atoms with Gasteiger partial charge in [0.05, 0.1) is 39.6 Å². The Bertz CT molecular complexity index is 903. The maximum Gasteiger partial charge on any atom is 0.338 e. The second-order valence-electron chi connectivity index (χ2n) is 8.03. The highest BCUT2D eigenvalue weighted by molar-refractivity contribution is 5.95. The van der Waals surface area contributed by atoms with E-state index < -0.39 is 18.0 Å². The van der Waals surface area contributed by atoms with E-state index in [0.29, 0.717) is 40.6 Å². The van der Waals surface area contributed by atoms with Crippen LogP contribution in [0.3, 0.4) is 0 Å². The number of likely N-dealkylation sites (N-methyl/N-ethyl adjacent to an activating group) is 1. The van der Waals surface area contributed by atoms with E-state index in [9.17, 15) is 9.59 Å². The Labute approximate surface area is 194 Å². The molecule has 10 nitrogen and oxygen atoms in total. The molecule has 0 saturated carbocycles. The highest BCUT2D eigenvalue weighted by atomic mass is 16.5. The summed E-state index contributed by atoms with van der Waals surface area (Å²) in [5.41, 5.74) is 1.45. The topological polar surface area (TPSA) is 102 Å². The summed E-state index contributed by atoms with van der Waals surface area (Å²) in [4.78, 5) is 30.4. The van der Waals surface area contributed by atoms with Crippen molar-refractivity contribution >= 4 is 12.0 Å². The molecular weight excluding hydrogens is 428 g/mol. The summed E-state index contributed by atoms with van der Waals surface area (Å²) in [5.74, 6) is 0.904. The molecule has 0 radical (unpaired) electrons. The molecule has 182 valence electrons. The van der Waals surface area contributed by atoms with Crippen molar-refractivity contribution in [1.29, 1.82) is 0 Å². The van der Waals surface area contributed by atoms with Crippen LogP contribution in [0, 0.1) is 0 Å². The van der Waals surface area contributed by atoms with Gasteiger partial charge in [0.1, 0.15) is 5.75 Å². The van der Waals surface area contributed by atoms with Crippen LogP contribution in [0.4, 0.5) is 4.79 Å². The molecule has 0 aromatic heterocycles. The van der Waals surface area contributed by atoms with Gasteiger partial charge >= 0.3 is 12.0 Å². The number of urea groups is 1. The molecule has 0 unspecified atom stereocenters. The number of benzene rings is 1. The van der Waals surface area contributed by atoms with Crippen LogP contribution in [0.25, 0.3) is 0 Å². The van der Waals surface area contributed by atoms with Crippen molar-refractivity contribution in [2.75, 3.05) is 67.7 Å². The molecule has 1 aromatic carbocycles. The molecule has 2 heterocycles. The molecular formula is C23H34N4O6. The third kappa shape index (κ3) is 5.69. The third-order valence-electron chi connectivity index (χ3n) is 5.89. The van der Waals surface area contributed by atoms with Gasteiger partial charge in [0.2, 0.25) is 0 Å². The quantitative estimate of drug-likeness (QED) is 0.561. The highest BCUT2D eigenvalue weighted by Crippen LogP contribution is 2.41. The first-order valence-electron chi connectivity index (χ1n) is 11.1. The minimum absolute atomic E-state index is 0.216. The summed E-state index contributed by atoms with van der Waals surface area (Å²) in [5, 5.41) is 5.71. The zero-order valence-electron chi connectivity index (χ0n) is 20.0. The molecule has 1 atom stereocenters. The highest BCUT2D eigenvalue weighted by Gasteiger charge is 2.36. The number of nitrogens with one attached hydrogen (secondary N) is 2. The lowest BCUT2D eigenvalue weighted by Crippen LogP contribution is -2.48. The molecule has 33 heavy (non-hydrogen) atoms. The lowest BCUT2D eigenvalue weighted by atomic mass is 9.93. The van der Waals surface area contributed by atoms with E-state index in [1.54, 1.807) is 19.1 Å². The van der Waals surface area contributed by atoms with E-state index in [-0.39, 0.29) is 6.61 Å². The molecule has 2 aliphatic rings. The lowest BCUT2D eigenvalue weighted by molar-refractivity contribution is -0.139. The van der Waals surface area contributed by atoms with Crippen LogP contribution in [-0.2, 0) is 9.53 Å². The first kappa shape index (κ1) is 24.7. The number of carbonyl (C=O) groups is 2. The first-order valence-corrected chi connectivity index (χ1v) is 11.1. The molecule has 2 aliphatic heterocycles. The van der Waals surface area contributed by atoms with Crippen LogP contribution in [-0.4, -0.2) is 89.5 Å². The minimum Gasteiger partial charge on any atom is -0.496 e. The number of amides is 2. The normalized spacial score (nSPS) is 19.9. The Morgan fingerprint density at radius 3 is 2.39 bits per heavy atom. The largest absolute Gasteiger partial charge is 0.496 e. The SMILES string of the molecule is CCOC(=O)C1=C(CN2CCCN(C)CC2)NC(=O)N[C@@H]1c1cc(OC)c(OC)cc1OC. The molecule has 2 N–H and O–H groups in total. The van der Waals surface area contributed by atoms with Gasteiger partial charge in [-0.2, -0.15) is 0 Å². The average Bonchev–Trinajstić information content (AvgIpc) is 3.01. The Balaban J connectivity index is 2.08. The van der Waals surface area contributed by atoms with Gasteiger partial charge in [0.15, 0.2) is 11.5 Å². The molecule has 0 bridgehead atoms. The van der Waals surface area contributed by atoms with E-state index in [0.717, 1.165) is 32.6 Å². The van der Waals surface area contributed by atoms with Gasteiger partial charge in [-0.05, 0) is 39.5 Å². The number of ether oxygens (including phenoxy) is 4. The summed E-state index contributed by atoms with van der Waals surface area (Å²) >= 11 is 0. The molecule has 1 fully saturated rings. The molecule has 1 saturated heterocycles. The molecule has 0 aliphatic carbocycles. The Kier molecular flexibility index (Phi) is 8.40. The number of esters is 1. The van der Waals surface area contributed by atoms with Gasteiger partial charge in [-0.25, -0.2) is 9.59 Å². The van der Waals surface area contributed by atoms with Gasteiger partial charge in [0.25, 0.3) is 0 Å². The van der Waals surface area contributed by atoms with E-state index in [4.69, 9.17) is 18.9 Å². The number of hydrogen-bond donors (Lipinski definition) is 2. The van der Waals surface area contributed by atoms with Crippen molar-refractivity contribution in [3.63, 3.8) is 0 Å². The van der Waals surface area contributed by atoms with Crippen molar-refractivity contribution in [2.24, 2.45) is 0 Å². The predicted molar refractivity (Wildman–Crippen MR) is 123 cm³/mol. The van der Waals surface area contributed by atoms with Gasteiger partial charge < -0.3 is 34.5 Å². The molecule has 3 rings (SSSR count). The smallest absolute Gasteiger partial charge is 0.338 e. The predicted octanol–water partition coefficient (Wildman–Crippen LogP) is 1.52. The van der Waals surface area contributed by atoms with Crippen molar-refractivity contribution in [1.82, 2.24) is 20.4 Å². The second-order valence-corrected chi connectivity index (χ2v) is 8.03. The number of carbonyl (C=O) groups excluding carboxylic acids is 2. The first-order chi connectivity index (χ1) is 15.9. The summed E-state index contributed by atoms with van der Waals surface area (Å²) < 4.78 is 21.8. The summed E-state index contributed by atoms with van der Waals surface area (Å²) in [6, 6.07) is 2.21. The van der Waals surface area contributed by atoms with Crippen molar-refractivity contribution < 1.29 is 28.5 Å². The van der Waals surface area contributed by atoms with Crippen LogP contribution in [0.2, 0.25) is 0 Å². The molecule has 1 aromatic rings. The van der Waals surface area contributed by atoms with E-state index in [2.05, 4.69) is 27.5 Å². The van der Waals surface area contributed by atoms with Crippen LogP contribution in [0.5, 0.6) is 17.2 Å². The van der Waals surface area contributed by atoms with Crippen LogP contribution in [0.1, 0.15) is 24.9 Å². The fourth-order valence-corrected chi connectivity index (χ4v) is 4.19. The molecule has 0 spiro atoms. The fraction of sp³-hybridized carbons (Fsp3) is 0.565. The van der Waals surface area contributed by atoms with Crippen LogP contribution in [0.15, 0.2) is 23.4 Å². The maximum absolute atomic E-state index is 13.1. The van der Waals surface area contributed by atoms with Gasteiger partial charge in [-0.1, -0.05) is 0 Å². The van der Waals surface area contributed by atoms with E-state index in [1.807, 2.05) is 0 Å². The summed E-state index contributed by atoms with van der Waals surface area (Å²) in [6.07, 6.45) is 1.01. The standard InChI is InChI=1S/C23H34N4O6/c1-6-33-22(28)20-16(14-27-9-7-8-26(2)10-11-27)24-23(29)25-21(20)15-12-18(31-4)19(32-5)13-17(15)30-3/h12-13,21H,6-11,14H2,1-5H3,(H2,24,25,29)/t21-/m1/s1. The number of hydrogen-bond acceptors (Lipinski definition) is 8. The third-order valence-corrected chi connectivity index (χ3v) is 5.89. The van der Waals surface area contributed by atoms with E-state index >= 15 is 0 Å². The maximum atomic E-state index is 13.1. The Hall–Kier alpha value is -2.98.